The number of rotatable bonds is 4. The molecule has 0 bridgehead atoms. The lowest BCUT2D eigenvalue weighted by atomic mass is 10.1. The number of nitrogens with one attached hydrogen (secondary N) is 1. The lowest BCUT2D eigenvalue weighted by molar-refractivity contribution is -0.118. The summed E-state index contributed by atoms with van der Waals surface area (Å²) in [5, 5.41) is 2.74. The smallest absolute Gasteiger partial charge is 0.241 e. The molecular formula is C12H20N4O. The molecule has 0 aliphatic rings. The number of nitrogens with two attached hydrogens (primary N) is 1. The van der Waals surface area contributed by atoms with E-state index in [-0.39, 0.29) is 11.8 Å². The Hall–Kier alpha value is -1.62. The van der Waals surface area contributed by atoms with E-state index in [1.165, 1.54) is 0 Å². The van der Waals surface area contributed by atoms with Crippen molar-refractivity contribution < 1.29 is 4.79 Å². The first-order valence-electron chi connectivity index (χ1n) is 5.61. The second kappa shape index (κ2) is 5.63. The van der Waals surface area contributed by atoms with Crippen LogP contribution >= 0.6 is 0 Å². The molecule has 1 aromatic heterocycles. The molecule has 1 amide bonds. The first-order valence-corrected chi connectivity index (χ1v) is 5.61. The van der Waals surface area contributed by atoms with Gasteiger partial charge in [-0.2, -0.15) is 0 Å². The number of hydrogen-bond acceptors (Lipinski definition) is 4. The van der Waals surface area contributed by atoms with E-state index in [0.717, 1.165) is 5.82 Å². The van der Waals surface area contributed by atoms with E-state index < -0.39 is 6.04 Å². The molecule has 1 rings (SSSR count). The summed E-state index contributed by atoms with van der Waals surface area (Å²) in [5.74, 6) is 0.777. The van der Waals surface area contributed by atoms with E-state index >= 15 is 0 Å². The number of carbonyl (C=O) groups excluding carboxylic acids is 1. The van der Waals surface area contributed by atoms with Crippen LogP contribution in [0.3, 0.4) is 0 Å². The summed E-state index contributed by atoms with van der Waals surface area (Å²) < 4.78 is 0. The zero-order chi connectivity index (χ0) is 13.0. The van der Waals surface area contributed by atoms with E-state index in [4.69, 9.17) is 5.73 Å². The highest BCUT2D eigenvalue weighted by Crippen LogP contribution is 2.12. The predicted molar refractivity (Wildman–Crippen MR) is 70.0 cm³/mol. The Bertz CT molecular complexity index is 373. The minimum Gasteiger partial charge on any atom is -0.363 e. The third-order valence-corrected chi connectivity index (χ3v) is 2.49. The van der Waals surface area contributed by atoms with Crippen molar-refractivity contribution in [3.63, 3.8) is 0 Å². The molecule has 1 atom stereocenters. The van der Waals surface area contributed by atoms with E-state index in [2.05, 4.69) is 10.3 Å². The van der Waals surface area contributed by atoms with E-state index in [1.807, 2.05) is 45.0 Å². The predicted octanol–water partition coefficient (Wildman–Crippen LogP) is 1.07. The van der Waals surface area contributed by atoms with Crippen LogP contribution < -0.4 is 16.0 Å². The quantitative estimate of drug-likeness (QED) is 0.820. The maximum absolute atomic E-state index is 11.7. The second-order valence-electron chi connectivity index (χ2n) is 4.56. The second-order valence-corrected chi connectivity index (χ2v) is 4.56. The number of nitrogens with zero attached hydrogens (tertiary/aromatic N) is 2. The van der Waals surface area contributed by atoms with Crippen LogP contribution in [0, 0.1) is 5.92 Å². The molecule has 0 aromatic carbocycles. The van der Waals surface area contributed by atoms with Gasteiger partial charge in [-0.25, -0.2) is 4.98 Å². The molecule has 0 saturated heterocycles. The van der Waals surface area contributed by atoms with Crippen LogP contribution in [0.5, 0.6) is 0 Å². The maximum Gasteiger partial charge on any atom is 0.241 e. The summed E-state index contributed by atoms with van der Waals surface area (Å²) in [6.45, 7) is 3.83. The first-order chi connectivity index (χ1) is 7.91. The van der Waals surface area contributed by atoms with Gasteiger partial charge in [-0.15, -0.1) is 0 Å². The molecule has 5 nitrogen and oxygen atoms in total. The van der Waals surface area contributed by atoms with Crippen LogP contribution in [0.4, 0.5) is 11.5 Å². The number of aromatic nitrogens is 1. The van der Waals surface area contributed by atoms with Crippen molar-refractivity contribution in [3.8, 4) is 0 Å². The Morgan fingerprint density at radius 1 is 1.41 bits per heavy atom. The standard InChI is InChI=1S/C12H20N4O/c1-8(2)11(13)12(17)15-9-5-6-10(14-7-9)16(3)4/h5-8,11H,13H2,1-4H3,(H,15,17). The molecule has 0 aliphatic heterocycles. The lowest BCUT2D eigenvalue weighted by Gasteiger charge is -2.16. The van der Waals surface area contributed by atoms with Crippen molar-refractivity contribution in [2.45, 2.75) is 19.9 Å². The van der Waals surface area contributed by atoms with Crippen LogP contribution in [0.2, 0.25) is 0 Å². The van der Waals surface area contributed by atoms with Gasteiger partial charge >= 0.3 is 0 Å². The normalized spacial score (nSPS) is 12.4. The molecule has 1 aromatic rings. The molecule has 0 aliphatic carbocycles. The summed E-state index contributed by atoms with van der Waals surface area (Å²) in [7, 11) is 3.82. The van der Waals surface area contributed by atoms with Gasteiger partial charge in [0.15, 0.2) is 0 Å². The van der Waals surface area contributed by atoms with Gasteiger partial charge < -0.3 is 16.0 Å². The molecule has 1 unspecified atom stereocenters. The van der Waals surface area contributed by atoms with Gasteiger partial charge in [-0.05, 0) is 18.1 Å². The SMILES string of the molecule is CC(C)C(N)C(=O)Nc1ccc(N(C)C)nc1. The van der Waals surface area contributed by atoms with Gasteiger partial charge in [0, 0.05) is 14.1 Å². The lowest BCUT2D eigenvalue weighted by Crippen LogP contribution is -2.39. The average Bonchev–Trinajstić information content (AvgIpc) is 2.28. The molecule has 0 spiro atoms. The van der Waals surface area contributed by atoms with Crippen LogP contribution in [-0.4, -0.2) is 31.0 Å². The zero-order valence-electron chi connectivity index (χ0n) is 10.8. The molecule has 0 fully saturated rings. The zero-order valence-corrected chi connectivity index (χ0v) is 10.8. The summed E-state index contributed by atoms with van der Waals surface area (Å²) in [4.78, 5) is 17.8. The summed E-state index contributed by atoms with van der Waals surface area (Å²) in [5.41, 5.74) is 6.41. The van der Waals surface area contributed by atoms with Gasteiger partial charge in [-0.3, -0.25) is 4.79 Å². The van der Waals surface area contributed by atoms with Gasteiger partial charge in [0.1, 0.15) is 5.82 Å². The van der Waals surface area contributed by atoms with Gasteiger partial charge in [0.2, 0.25) is 5.91 Å². The van der Waals surface area contributed by atoms with Crippen LogP contribution in [0.25, 0.3) is 0 Å². The fourth-order valence-electron chi connectivity index (χ4n) is 1.25. The summed E-state index contributed by atoms with van der Waals surface area (Å²) >= 11 is 0. The molecule has 5 heteroatoms. The number of anilines is 2. The van der Waals surface area contributed by atoms with Crippen molar-refractivity contribution in [1.82, 2.24) is 4.98 Å². The average molecular weight is 236 g/mol. The highest BCUT2D eigenvalue weighted by molar-refractivity contribution is 5.94. The molecular weight excluding hydrogens is 216 g/mol. The fourth-order valence-corrected chi connectivity index (χ4v) is 1.25. The Morgan fingerprint density at radius 2 is 2.06 bits per heavy atom. The molecule has 94 valence electrons. The third-order valence-electron chi connectivity index (χ3n) is 2.49. The van der Waals surface area contributed by atoms with E-state index in [1.54, 1.807) is 6.20 Å². The molecule has 0 saturated carbocycles. The molecule has 1 heterocycles. The van der Waals surface area contributed by atoms with Gasteiger partial charge in [0.05, 0.1) is 17.9 Å². The summed E-state index contributed by atoms with van der Waals surface area (Å²) in [6, 6.07) is 3.16. The molecule has 0 radical (unpaired) electrons. The highest BCUT2D eigenvalue weighted by atomic mass is 16.2. The van der Waals surface area contributed by atoms with Crippen LogP contribution in [0.1, 0.15) is 13.8 Å². The minimum absolute atomic E-state index is 0.115. The van der Waals surface area contributed by atoms with Gasteiger partial charge in [0.25, 0.3) is 0 Å². The van der Waals surface area contributed by atoms with Crippen molar-refractivity contribution in [3.05, 3.63) is 18.3 Å². The highest BCUT2D eigenvalue weighted by Gasteiger charge is 2.17. The Labute approximate surface area is 102 Å². The molecule has 17 heavy (non-hydrogen) atoms. The Balaban J connectivity index is 2.66. The number of carbonyl (C=O) groups is 1. The van der Waals surface area contributed by atoms with Crippen LogP contribution in [-0.2, 0) is 4.79 Å². The number of hydrogen-bond donors (Lipinski definition) is 2. The number of pyridine rings is 1. The van der Waals surface area contributed by atoms with Crippen LogP contribution in [0.15, 0.2) is 18.3 Å². The van der Waals surface area contributed by atoms with Gasteiger partial charge in [-0.1, -0.05) is 13.8 Å². The Morgan fingerprint density at radius 3 is 2.47 bits per heavy atom. The van der Waals surface area contributed by atoms with Crippen molar-refractivity contribution >= 4 is 17.4 Å². The fraction of sp³-hybridized carbons (Fsp3) is 0.500. The maximum atomic E-state index is 11.7. The monoisotopic (exact) mass is 236 g/mol. The van der Waals surface area contributed by atoms with Crippen molar-refractivity contribution in [1.29, 1.82) is 0 Å². The molecule has 3 N–H and O–H groups in total. The topological polar surface area (TPSA) is 71.2 Å². The minimum atomic E-state index is -0.497. The van der Waals surface area contributed by atoms with Crippen molar-refractivity contribution in [2.75, 3.05) is 24.3 Å². The van der Waals surface area contributed by atoms with E-state index in [0.29, 0.717) is 5.69 Å². The number of amides is 1. The van der Waals surface area contributed by atoms with E-state index in [9.17, 15) is 4.79 Å². The third kappa shape index (κ3) is 3.71. The summed E-state index contributed by atoms with van der Waals surface area (Å²) in [6.07, 6.45) is 1.63. The largest absolute Gasteiger partial charge is 0.363 e. The first kappa shape index (κ1) is 13.4. The van der Waals surface area contributed by atoms with Crippen molar-refractivity contribution in [2.24, 2.45) is 11.7 Å². The Kier molecular flexibility index (Phi) is 4.45.